The molecule has 3 nitrogen and oxygen atoms in total. The molecule has 2 rings (SSSR count). The molecule has 1 aromatic rings. The maximum Gasteiger partial charge on any atom is 0.216 e. The summed E-state index contributed by atoms with van der Waals surface area (Å²) in [5, 5.41) is 10.6. The molecular weight excluding hydrogens is 250 g/mol. The van der Waals surface area contributed by atoms with Crippen molar-refractivity contribution in [1.82, 2.24) is 0 Å². The highest BCUT2D eigenvalue weighted by molar-refractivity contribution is 5.95. The normalized spacial score (nSPS) is 16.0. The van der Waals surface area contributed by atoms with E-state index in [4.69, 9.17) is 4.74 Å². The van der Waals surface area contributed by atoms with Crippen LogP contribution in [0.4, 0.5) is 0 Å². The van der Waals surface area contributed by atoms with Crippen molar-refractivity contribution < 1.29 is 9.84 Å². The first-order valence-electron chi connectivity index (χ1n) is 7.16. The number of aliphatic imine (C=N–C) groups is 1. The maximum atomic E-state index is 10.6. The highest BCUT2D eigenvalue weighted by atomic mass is 16.5. The van der Waals surface area contributed by atoms with Crippen molar-refractivity contribution in [1.29, 1.82) is 0 Å². The summed E-state index contributed by atoms with van der Waals surface area (Å²) in [6.45, 7) is 14.0. The molecule has 0 saturated heterocycles. The molecule has 1 heterocycles. The zero-order valence-electron chi connectivity index (χ0n) is 13.4. The lowest BCUT2D eigenvalue weighted by molar-refractivity contribution is 0.348. The third-order valence-corrected chi connectivity index (χ3v) is 3.56. The van der Waals surface area contributed by atoms with Crippen LogP contribution in [-0.4, -0.2) is 24.2 Å². The minimum absolute atomic E-state index is 0.126. The van der Waals surface area contributed by atoms with Gasteiger partial charge < -0.3 is 9.84 Å². The number of benzene rings is 1. The molecule has 0 aliphatic carbocycles. The zero-order chi connectivity index (χ0) is 15.1. The summed E-state index contributed by atoms with van der Waals surface area (Å²) in [5.74, 6) is 1.09. The van der Waals surface area contributed by atoms with Gasteiger partial charge in [0, 0.05) is 16.7 Å². The van der Waals surface area contributed by atoms with Gasteiger partial charge in [0.15, 0.2) is 0 Å². The van der Waals surface area contributed by atoms with Crippen LogP contribution in [0.1, 0.15) is 58.2 Å². The van der Waals surface area contributed by atoms with Crippen molar-refractivity contribution in [2.75, 3.05) is 13.2 Å². The Kier molecular flexibility index (Phi) is 3.57. The molecule has 0 radical (unpaired) electrons. The summed E-state index contributed by atoms with van der Waals surface area (Å²) < 4.78 is 5.58. The molecule has 0 spiro atoms. The summed E-state index contributed by atoms with van der Waals surface area (Å²) in [6, 6.07) is 4.02. The Morgan fingerprint density at radius 3 is 1.85 bits per heavy atom. The first kappa shape index (κ1) is 14.9. The number of phenolic OH excluding ortho intramolecular Hbond substituents is 1. The molecular formula is C17H25NO2. The van der Waals surface area contributed by atoms with E-state index < -0.39 is 0 Å². The monoisotopic (exact) mass is 275 g/mol. The van der Waals surface area contributed by atoms with E-state index in [0.717, 1.165) is 16.7 Å². The van der Waals surface area contributed by atoms with Crippen molar-refractivity contribution >= 4 is 5.90 Å². The molecule has 0 atom stereocenters. The quantitative estimate of drug-likeness (QED) is 0.847. The second-order valence-electron chi connectivity index (χ2n) is 7.46. The largest absolute Gasteiger partial charge is 0.507 e. The Bertz CT molecular complexity index is 510. The van der Waals surface area contributed by atoms with Crippen molar-refractivity contribution in [3.8, 4) is 5.75 Å². The lowest BCUT2D eigenvalue weighted by Gasteiger charge is -2.28. The molecule has 0 bridgehead atoms. The smallest absolute Gasteiger partial charge is 0.216 e. The SMILES string of the molecule is CC(C)(C)c1cc(C2=NCCO2)cc(C(C)(C)C)c1O. The van der Waals surface area contributed by atoms with Gasteiger partial charge in [-0.05, 0) is 23.0 Å². The van der Waals surface area contributed by atoms with Gasteiger partial charge in [-0.3, -0.25) is 0 Å². The molecule has 0 aromatic heterocycles. The number of hydrogen-bond acceptors (Lipinski definition) is 3. The second-order valence-corrected chi connectivity index (χ2v) is 7.46. The average molecular weight is 275 g/mol. The average Bonchev–Trinajstić information content (AvgIpc) is 2.79. The standard InChI is InChI=1S/C17H25NO2/c1-16(2,3)12-9-11(15-18-7-8-20-15)10-13(14(12)19)17(4,5)6/h9-10,19H,7-8H2,1-6H3. The second kappa shape index (κ2) is 4.80. The fourth-order valence-corrected chi connectivity index (χ4v) is 2.41. The van der Waals surface area contributed by atoms with Crippen LogP contribution in [0, 0.1) is 0 Å². The number of ether oxygens (including phenoxy) is 1. The van der Waals surface area contributed by atoms with Crippen molar-refractivity contribution in [2.24, 2.45) is 4.99 Å². The summed E-state index contributed by atoms with van der Waals surface area (Å²) in [4.78, 5) is 4.39. The number of hydrogen-bond donors (Lipinski definition) is 1. The van der Waals surface area contributed by atoms with Gasteiger partial charge in [0.2, 0.25) is 5.90 Å². The van der Waals surface area contributed by atoms with Crippen molar-refractivity contribution in [2.45, 2.75) is 52.4 Å². The van der Waals surface area contributed by atoms with Crippen LogP contribution < -0.4 is 0 Å². The van der Waals surface area contributed by atoms with Gasteiger partial charge in [-0.2, -0.15) is 0 Å². The van der Waals surface area contributed by atoms with Gasteiger partial charge in [-0.15, -0.1) is 0 Å². The van der Waals surface area contributed by atoms with Gasteiger partial charge in [0.05, 0.1) is 6.54 Å². The molecule has 1 aliphatic rings. The highest BCUT2D eigenvalue weighted by Crippen LogP contribution is 2.40. The topological polar surface area (TPSA) is 41.8 Å². The molecule has 0 fully saturated rings. The lowest BCUT2D eigenvalue weighted by Crippen LogP contribution is -2.19. The van der Waals surface area contributed by atoms with Gasteiger partial charge in [0.1, 0.15) is 12.4 Å². The fraction of sp³-hybridized carbons (Fsp3) is 0.588. The Morgan fingerprint density at radius 1 is 1.00 bits per heavy atom. The van der Waals surface area contributed by atoms with E-state index in [0.29, 0.717) is 24.8 Å². The Hall–Kier alpha value is -1.51. The first-order valence-corrected chi connectivity index (χ1v) is 7.16. The number of nitrogens with zero attached hydrogens (tertiary/aromatic N) is 1. The van der Waals surface area contributed by atoms with Crippen LogP contribution in [0.25, 0.3) is 0 Å². The molecule has 20 heavy (non-hydrogen) atoms. The fourth-order valence-electron chi connectivity index (χ4n) is 2.41. The Balaban J connectivity index is 2.66. The number of rotatable bonds is 1. The van der Waals surface area contributed by atoms with Crippen LogP contribution in [-0.2, 0) is 15.6 Å². The Morgan fingerprint density at radius 2 is 1.50 bits per heavy atom. The van der Waals surface area contributed by atoms with Crippen LogP contribution in [0.5, 0.6) is 5.75 Å². The third kappa shape index (κ3) is 2.82. The van der Waals surface area contributed by atoms with Gasteiger partial charge in [0.25, 0.3) is 0 Å². The first-order chi connectivity index (χ1) is 9.10. The summed E-state index contributed by atoms with van der Waals surface area (Å²) in [6.07, 6.45) is 0. The van der Waals surface area contributed by atoms with E-state index in [9.17, 15) is 5.11 Å². The van der Waals surface area contributed by atoms with Crippen molar-refractivity contribution in [3.05, 3.63) is 28.8 Å². The van der Waals surface area contributed by atoms with Crippen LogP contribution >= 0.6 is 0 Å². The summed E-state index contributed by atoms with van der Waals surface area (Å²) >= 11 is 0. The van der Waals surface area contributed by atoms with Crippen LogP contribution in [0.15, 0.2) is 17.1 Å². The van der Waals surface area contributed by atoms with E-state index in [-0.39, 0.29) is 10.8 Å². The third-order valence-electron chi connectivity index (χ3n) is 3.56. The lowest BCUT2D eigenvalue weighted by atomic mass is 9.78. The van der Waals surface area contributed by atoms with E-state index in [1.54, 1.807) is 0 Å². The maximum absolute atomic E-state index is 10.6. The van der Waals surface area contributed by atoms with Crippen molar-refractivity contribution in [3.63, 3.8) is 0 Å². The predicted molar refractivity (Wildman–Crippen MR) is 82.9 cm³/mol. The van der Waals surface area contributed by atoms with Gasteiger partial charge in [-0.1, -0.05) is 41.5 Å². The molecule has 0 amide bonds. The minimum Gasteiger partial charge on any atom is -0.507 e. The molecule has 110 valence electrons. The van der Waals surface area contributed by atoms with E-state index >= 15 is 0 Å². The van der Waals surface area contributed by atoms with Gasteiger partial charge >= 0.3 is 0 Å². The molecule has 0 unspecified atom stereocenters. The highest BCUT2D eigenvalue weighted by Gasteiger charge is 2.28. The van der Waals surface area contributed by atoms with E-state index in [1.807, 2.05) is 12.1 Å². The number of aromatic hydroxyl groups is 1. The zero-order valence-corrected chi connectivity index (χ0v) is 13.4. The summed E-state index contributed by atoms with van der Waals surface area (Å²) in [7, 11) is 0. The molecule has 1 aliphatic heterocycles. The summed E-state index contributed by atoms with van der Waals surface area (Å²) in [5.41, 5.74) is 2.60. The Labute approximate surface area is 121 Å². The minimum atomic E-state index is -0.126. The predicted octanol–water partition coefficient (Wildman–Crippen LogP) is 3.76. The van der Waals surface area contributed by atoms with E-state index in [2.05, 4.69) is 46.5 Å². The molecule has 1 N–H and O–H groups in total. The molecule has 0 saturated carbocycles. The number of phenols is 1. The molecule has 3 heteroatoms. The van der Waals surface area contributed by atoms with E-state index in [1.165, 1.54) is 0 Å². The van der Waals surface area contributed by atoms with Crippen LogP contribution in [0.3, 0.4) is 0 Å². The van der Waals surface area contributed by atoms with Gasteiger partial charge in [-0.25, -0.2) is 4.99 Å². The molecule has 1 aromatic carbocycles. The van der Waals surface area contributed by atoms with Crippen LogP contribution in [0.2, 0.25) is 0 Å².